The maximum absolute atomic E-state index is 12.1. The van der Waals surface area contributed by atoms with Gasteiger partial charge in [-0.3, -0.25) is 30.0 Å². The van der Waals surface area contributed by atoms with Crippen LogP contribution < -0.4 is 15.6 Å². The summed E-state index contributed by atoms with van der Waals surface area (Å²) in [5, 5.41) is 0. The third-order valence-electron chi connectivity index (χ3n) is 3.92. The van der Waals surface area contributed by atoms with Crippen LogP contribution in [0.5, 0.6) is 5.75 Å². The zero-order chi connectivity index (χ0) is 21.8. The highest BCUT2D eigenvalue weighted by Crippen LogP contribution is 2.14. The lowest BCUT2D eigenvalue weighted by atomic mass is 10.1. The Morgan fingerprint density at radius 3 is 2.20 bits per heavy atom. The fourth-order valence-corrected chi connectivity index (χ4v) is 2.36. The van der Waals surface area contributed by atoms with E-state index in [0.29, 0.717) is 23.5 Å². The Morgan fingerprint density at radius 2 is 1.53 bits per heavy atom. The van der Waals surface area contributed by atoms with Crippen LogP contribution in [0.3, 0.4) is 0 Å². The van der Waals surface area contributed by atoms with E-state index in [1.807, 2.05) is 6.92 Å². The number of hydrogen-bond donors (Lipinski definition) is 2. The first kappa shape index (κ1) is 22.6. The van der Waals surface area contributed by atoms with Crippen LogP contribution >= 0.6 is 0 Å². The van der Waals surface area contributed by atoms with Crippen molar-refractivity contribution in [2.45, 2.75) is 26.2 Å². The highest BCUT2D eigenvalue weighted by atomic mass is 16.5. The summed E-state index contributed by atoms with van der Waals surface area (Å²) in [4.78, 5) is 47.4. The van der Waals surface area contributed by atoms with Crippen LogP contribution in [0.4, 0.5) is 0 Å². The Kier molecular flexibility index (Phi) is 9.05. The van der Waals surface area contributed by atoms with Gasteiger partial charge in [0.15, 0.2) is 12.4 Å². The Hall–Kier alpha value is -3.68. The summed E-state index contributed by atoms with van der Waals surface area (Å²) in [5.74, 6) is -1.41. The fraction of sp³-hybridized carbons (Fsp3) is 0.273. The van der Waals surface area contributed by atoms with Gasteiger partial charge in [0, 0.05) is 17.5 Å². The van der Waals surface area contributed by atoms with E-state index in [0.717, 1.165) is 6.42 Å². The summed E-state index contributed by atoms with van der Waals surface area (Å²) in [5.41, 5.74) is 5.21. The maximum Gasteiger partial charge on any atom is 0.306 e. The summed E-state index contributed by atoms with van der Waals surface area (Å²) in [7, 11) is 0. The number of carbonyl (C=O) groups is 4. The standard InChI is InChI=1S/C22H24N2O6/c1-2-14-29-18-10-8-16(9-11-18)19(25)12-13-21(27)30-15-20(26)23-24-22(28)17-6-4-3-5-7-17/h3-11H,2,12-15H2,1H3,(H,23,26)(H,24,28). The number of carbonyl (C=O) groups excluding carboxylic acids is 4. The molecule has 2 aromatic carbocycles. The molecule has 2 N–H and O–H groups in total. The Labute approximate surface area is 174 Å². The van der Waals surface area contributed by atoms with Gasteiger partial charge >= 0.3 is 5.97 Å². The summed E-state index contributed by atoms with van der Waals surface area (Å²) in [6.45, 7) is 2.04. The summed E-state index contributed by atoms with van der Waals surface area (Å²) < 4.78 is 10.3. The van der Waals surface area contributed by atoms with Crippen LogP contribution in [0.1, 0.15) is 46.9 Å². The Morgan fingerprint density at radius 1 is 0.833 bits per heavy atom. The smallest absolute Gasteiger partial charge is 0.306 e. The second kappa shape index (κ2) is 12.0. The fourth-order valence-electron chi connectivity index (χ4n) is 2.36. The van der Waals surface area contributed by atoms with E-state index >= 15 is 0 Å². The zero-order valence-corrected chi connectivity index (χ0v) is 16.7. The van der Waals surface area contributed by atoms with Gasteiger partial charge < -0.3 is 9.47 Å². The lowest BCUT2D eigenvalue weighted by Gasteiger charge is -2.08. The van der Waals surface area contributed by atoms with Gasteiger partial charge in [0.25, 0.3) is 11.8 Å². The largest absolute Gasteiger partial charge is 0.494 e. The van der Waals surface area contributed by atoms with Crippen molar-refractivity contribution in [2.75, 3.05) is 13.2 Å². The van der Waals surface area contributed by atoms with Crippen molar-refractivity contribution in [1.29, 1.82) is 0 Å². The summed E-state index contributed by atoms with van der Waals surface area (Å²) >= 11 is 0. The molecule has 0 radical (unpaired) electrons. The number of benzene rings is 2. The number of hydrogen-bond acceptors (Lipinski definition) is 6. The van der Waals surface area contributed by atoms with Gasteiger partial charge in [-0.05, 0) is 42.8 Å². The third-order valence-corrected chi connectivity index (χ3v) is 3.92. The van der Waals surface area contributed by atoms with Crippen molar-refractivity contribution >= 4 is 23.6 Å². The second-order valence-corrected chi connectivity index (χ2v) is 6.33. The number of amides is 2. The number of rotatable bonds is 10. The van der Waals surface area contributed by atoms with Gasteiger partial charge in [-0.15, -0.1) is 0 Å². The highest BCUT2D eigenvalue weighted by molar-refractivity contribution is 5.98. The molecule has 0 aromatic heterocycles. The van der Waals surface area contributed by atoms with Gasteiger partial charge in [0.1, 0.15) is 5.75 Å². The number of hydrazine groups is 1. The number of ketones is 1. The molecule has 0 unspecified atom stereocenters. The third kappa shape index (κ3) is 7.75. The number of Topliss-reactive ketones (excluding diaryl/α,β-unsaturated/α-hetero) is 1. The molecule has 2 aromatic rings. The molecule has 0 saturated carbocycles. The van der Waals surface area contributed by atoms with Crippen LogP contribution in [0.25, 0.3) is 0 Å². The van der Waals surface area contributed by atoms with Crippen molar-refractivity contribution in [2.24, 2.45) is 0 Å². The van der Waals surface area contributed by atoms with Gasteiger partial charge in [-0.2, -0.15) is 0 Å². The predicted molar refractivity (Wildman–Crippen MR) is 109 cm³/mol. The monoisotopic (exact) mass is 412 g/mol. The minimum atomic E-state index is -0.693. The normalized spacial score (nSPS) is 10.0. The van der Waals surface area contributed by atoms with Crippen LogP contribution in [0, 0.1) is 0 Å². The molecule has 0 bridgehead atoms. The van der Waals surface area contributed by atoms with Crippen molar-refractivity contribution in [1.82, 2.24) is 10.9 Å². The molecular formula is C22H24N2O6. The molecular weight excluding hydrogens is 388 g/mol. The van der Waals surface area contributed by atoms with E-state index in [9.17, 15) is 19.2 Å². The molecule has 8 heteroatoms. The Balaban J connectivity index is 1.66. The molecule has 0 spiro atoms. The van der Waals surface area contributed by atoms with E-state index in [4.69, 9.17) is 9.47 Å². The molecule has 0 aliphatic rings. The zero-order valence-electron chi connectivity index (χ0n) is 16.7. The molecule has 158 valence electrons. The number of esters is 1. The molecule has 0 atom stereocenters. The molecule has 2 amide bonds. The lowest BCUT2D eigenvalue weighted by Crippen LogP contribution is -2.43. The summed E-state index contributed by atoms with van der Waals surface area (Å²) in [6, 6.07) is 15.0. The molecule has 0 heterocycles. The average molecular weight is 412 g/mol. The number of ether oxygens (including phenoxy) is 2. The number of nitrogens with one attached hydrogen (secondary N) is 2. The van der Waals surface area contributed by atoms with Gasteiger partial charge in [0.2, 0.25) is 0 Å². The SMILES string of the molecule is CCCOc1ccc(C(=O)CCC(=O)OCC(=O)NNC(=O)c2ccccc2)cc1. The lowest BCUT2D eigenvalue weighted by molar-refractivity contribution is -0.148. The predicted octanol–water partition coefficient (Wildman–Crippen LogP) is 2.44. The molecule has 30 heavy (non-hydrogen) atoms. The summed E-state index contributed by atoms with van der Waals surface area (Å²) in [6.07, 6.45) is 0.692. The quantitative estimate of drug-likeness (QED) is 0.352. The second-order valence-electron chi connectivity index (χ2n) is 6.33. The first-order valence-electron chi connectivity index (χ1n) is 9.55. The van der Waals surface area contributed by atoms with E-state index < -0.39 is 24.4 Å². The van der Waals surface area contributed by atoms with Crippen molar-refractivity contribution in [3.63, 3.8) is 0 Å². The average Bonchev–Trinajstić information content (AvgIpc) is 2.79. The molecule has 8 nitrogen and oxygen atoms in total. The van der Waals surface area contributed by atoms with Gasteiger partial charge in [-0.1, -0.05) is 25.1 Å². The van der Waals surface area contributed by atoms with Crippen LogP contribution in [-0.4, -0.2) is 36.8 Å². The van der Waals surface area contributed by atoms with Gasteiger partial charge in [0.05, 0.1) is 13.0 Å². The highest BCUT2D eigenvalue weighted by Gasteiger charge is 2.13. The molecule has 0 fully saturated rings. The van der Waals surface area contributed by atoms with Crippen molar-refractivity contribution < 1.29 is 28.7 Å². The van der Waals surface area contributed by atoms with Crippen LogP contribution in [-0.2, 0) is 14.3 Å². The first-order valence-corrected chi connectivity index (χ1v) is 9.55. The minimum Gasteiger partial charge on any atom is -0.494 e. The van der Waals surface area contributed by atoms with E-state index in [1.165, 1.54) is 0 Å². The maximum atomic E-state index is 12.1. The van der Waals surface area contributed by atoms with E-state index in [2.05, 4.69) is 10.9 Å². The van der Waals surface area contributed by atoms with Crippen molar-refractivity contribution in [3.05, 3.63) is 65.7 Å². The molecule has 2 rings (SSSR count). The van der Waals surface area contributed by atoms with Gasteiger partial charge in [-0.25, -0.2) is 0 Å². The first-order chi connectivity index (χ1) is 14.5. The molecule has 0 saturated heterocycles. The minimum absolute atomic E-state index is 0.0413. The molecule has 0 aliphatic carbocycles. The van der Waals surface area contributed by atoms with E-state index in [1.54, 1.807) is 54.6 Å². The van der Waals surface area contributed by atoms with Crippen LogP contribution in [0.15, 0.2) is 54.6 Å². The Bertz CT molecular complexity index is 865. The topological polar surface area (TPSA) is 111 Å². The van der Waals surface area contributed by atoms with Crippen molar-refractivity contribution in [3.8, 4) is 5.75 Å². The van der Waals surface area contributed by atoms with E-state index in [-0.39, 0.29) is 18.6 Å². The molecule has 0 aliphatic heterocycles. The van der Waals surface area contributed by atoms with Crippen LogP contribution in [0.2, 0.25) is 0 Å².